The van der Waals surface area contributed by atoms with Gasteiger partial charge in [0.25, 0.3) is 11.8 Å². The molecule has 0 saturated carbocycles. The van der Waals surface area contributed by atoms with Crippen LogP contribution in [-0.2, 0) is 11.3 Å². The Morgan fingerprint density at radius 2 is 1.80 bits per heavy atom. The standard InChI is InChI=1S/C18H18Cl2N2O3/c1-21-18(24)13-5-3-12(4-6-13)10-22(2)17(23)11-25-16-8-7-14(19)9-15(16)20/h3-9H,10-11H2,1-2H3,(H,21,24). The smallest absolute Gasteiger partial charge is 0.260 e. The van der Waals surface area contributed by atoms with Gasteiger partial charge in [-0.15, -0.1) is 0 Å². The van der Waals surface area contributed by atoms with E-state index in [1.807, 2.05) is 12.1 Å². The molecule has 0 spiro atoms. The highest BCUT2D eigenvalue weighted by atomic mass is 35.5. The maximum Gasteiger partial charge on any atom is 0.260 e. The maximum atomic E-state index is 12.2. The molecule has 0 atom stereocenters. The minimum Gasteiger partial charge on any atom is -0.482 e. The van der Waals surface area contributed by atoms with E-state index in [0.717, 1.165) is 5.56 Å². The minimum atomic E-state index is -0.193. The normalized spacial score (nSPS) is 10.2. The molecule has 2 rings (SSSR count). The number of nitrogens with zero attached hydrogens (tertiary/aromatic N) is 1. The Morgan fingerprint density at radius 1 is 1.12 bits per heavy atom. The quantitative estimate of drug-likeness (QED) is 0.835. The maximum absolute atomic E-state index is 12.2. The number of hydrogen-bond acceptors (Lipinski definition) is 3. The lowest BCUT2D eigenvalue weighted by atomic mass is 10.1. The van der Waals surface area contributed by atoms with Gasteiger partial charge >= 0.3 is 0 Å². The highest BCUT2D eigenvalue weighted by Crippen LogP contribution is 2.27. The van der Waals surface area contributed by atoms with Crippen LogP contribution in [0, 0.1) is 0 Å². The molecule has 0 aliphatic heterocycles. The first-order valence-corrected chi connectivity index (χ1v) is 8.29. The Hall–Kier alpha value is -2.24. The molecule has 0 bridgehead atoms. The van der Waals surface area contributed by atoms with Crippen molar-refractivity contribution < 1.29 is 14.3 Å². The van der Waals surface area contributed by atoms with Crippen molar-refractivity contribution in [2.24, 2.45) is 0 Å². The van der Waals surface area contributed by atoms with Crippen molar-refractivity contribution in [1.82, 2.24) is 10.2 Å². The molecule has 0 unspecified atom stereocenters. The molecule has 0 aliphatic carbocycles. The summed E-state index contributed by atoms with van der Waals surface area (Å²) in [4.78, 5) is 25.2. The number of carbonyl (C=O) groups is 2. The van der Waals surface area contributed by atoms with Gasteiger partial charge in [0.1, 0.15) is 5.75 Å². The lowest BCUT2D eigenvalue weighted by Gasteiger charge is -2.18. The van der Waals surface area contributed by atoms with Gasteiger partial charge in [-0.25, -0.2) is 0 Å². The van der Waals surface area contributed by atoms with E-state index in [4.69, 9.17) is 27.9 Å². The Bertz CT molecular complexity index is 763. The zero-order valence-electron chi connectivity index (χ0n) is 13.9. The van der Waals surface area contributed by atoms with Gasteiger partial charge in [-0.05, 0) is 35.9 Å². The number of rotatable bonds is 6. The zero-order chi connectivity index (χ0) is 18.4. The predicted octanol–water partition coefficient (Wildman–Crippen LogP) is 3.39. The molecule has 0 heterocycles. The summed E-state index contributed by atoms with van der Waals surface area (Å²) in [5.41, 5.74) is 1.48. The Kier molecular flexibility index (Phi) is 6.67. The molecule has 0 radical (unpaired) electrons. The number of halogens is 2. The molecular weight excluding hydrogens is 363 g/mol. The fraction of sp³-hybridized carbons (Fsp3) is 0.222. The molecule has 132 valence electrons. The lowest BCUT2D eigenvalue weighted by molar-refractivity contribution is -0.132. The fourth-order valence-electron chi connectivity index (χ4n) is 2.11. The zero-order valence-corrected chi connectivity index (χ0v) is 15.4. The van der Waals surface area contributed by atoms with E-state index >= 15 is 0 Å². The summed E-state index contributed by atoms with van der Waals surface area (Å²) in [7, 11) is 3.26. The Balaban J connectivity index is 1.90. The average molecular weight is 381 g/mol. The summed E-state index contributed by atoms with van der Waals surface area (Å²) < 4.78 is 5.44. The summed E-state index contributed by atoms with van der Waals surface area (Å²) in [6.45, 7) is 0.277. The molecule has 2 aromatic rings. The average Bonchev–Trinajstić information content (AvgIpc) is 2.60. The van der Waals surface area contributed by atoms with Gasteiger partial charge in [0.15, 0.2) is 6.61 Å². The van der Waals surface area contributed by atoms with Crippen LogP contribution in [0.3, 0.4) is 0 Å². The van der Waals surface area contributed by atoms with E-state index in [1.165, 1.54) is 0 Å². The number of benzene rings is 2. The molecule has 7 heteroatoms. The molecule has 0 fully saturated rings. The van der Waals surface area contributed by atoms with Gasteiger partial charge in [-0.2, -0.15) is 0 Å². The number of ether oxygens (including phenoxy) is 1. The summed E-state index contributed by atoms with van der Waals surface area (Å²) >= 11 is 11.8. The number of amides is 2. The SMILES string of the molecule is CNC(=O)c1ccc(CN(C)C(=O)COc2ccc(Cl)cc2Cl)cc1. The highest BCUT2D eigenvalue weighted by molar-refractivity contribution is 6.35. The van der Waals surface area contributed by atoms with Crippen LogP contribution in [0.25, 0.3) is 0 Å². The molecule has 0 aliphatic rings. The third kappa shape index (κ3) is 5.37. The monoisotopic (exact) mass is 380 g/mol. The van der Waals surface area contributed by atoms with Crippen LogP contribution in [0.1, 0.15) is 15.9 Å². The Morgan fingerprint density at radius 3 is 2.40 bits per heavy atom. The van der Waals surface area contributed by atoms with Crippen LogP contribution >= 0.6 is 23.2 Å². The van der Waals surface area contributed by atoms with Crippen molar-refractivity contribution in [1.29, 1.82) is 0 Å². The van der Waals surface area contributed by atoms with Crippen LogP contribution in [0.15, 0.2) is 42.5 Å². The first-order valence-electron chi connectivity index (χ1n) is 7.53. The number of likely N-dealkylation sites (N-methyl/N-ethyl adjacent to an activating group) is 1. The van der Waals surface area contributed by atoms with E-state index in [2.05, 4.69) is 5.32 Å². The second-order valence-corrected chi connectivity index (χ2v) is 6.23. The summed E-state index contributed by atoms with van der Waals surface area (Å²) in [5, 5.41) is 3.42. The van der Waals surface area contributed by atoms with Gasteiger partial charge in [0.2, 0.25) is 0 Å². The molecule has 2 amide bonds. The lowest BCUT2D eigenvalue weighted by Crippen LogP contribution is -2.31. The third-order valence-electron chi connectivity index (χ3n) is 3.53. The van der Waals surface area contributed by atoms with Crippen LogP contribution < -0.4 is 10.1 Å². The van der Waals surface area contributed by atoms with E-state index in [-0.39, 0.29) is 18.4 Å². The summed E-state index contributed by atoms with van der Waals surface area (Å²) in [6.07, 6.45) is 0. The minimum absolute atomic E-state index is 0.131. The second-order valence-electron chi connectivity index (χ2n) is 5.39. The van der Waals surface area contributed by atoms with E-state index in [1.54, 1.807) is 49.3 Å². The van der Waals surface area contributed by atoms with Gasteiger partial charge in [0, 0.05) is 31.2 Å². The van der Waals surface area contributed by atoms with Gasteiger partial charge < -0.3 is 15.0 Å². The first-order chi connectivity index (χ1) is 11.9. The third-order valence-corrected chi connectivity index (χ3v) is 4.06. The molecular formula is C18H18Cl2N2O3. The van der Waals surface area contributed by atoms with Crippen LogP contribution in [0.5, 0.6) is 5.75 Å². The van der Waals surface area contributed by atoms with E-state index < -0.39 is 0 Å². The molecule has 0 aromatic heterocycles. The number of hydrogen-bond donors (Lipinski definition) is 1. The van der Waals surface area contributed by atoms with Crippen molar-refractivity contribution in [3.8, 4) is 5.75 Å². The van der Waals surface area contributed by atoms with Crippen molar-refractivity contribution >= 4 is 35.0 Å². The van der Waals surface area contributed by atoms with Crippen LogP contribution in [-0.4, -0.2) is 37.4 Å². The molecule has 0 saturated heterocycles. The van der Waals surface area contributed by atoms with Gasteiger partial charge in [-0.1, -0.05) is 35.3 Å². The van der Waals surface area contributed by atoms with Gasteiger partial charge in [0.05, 0.1) is 5.02 Å². The second kappa shape index (κ2) is 8.74. The van der Waals surface area contributed by atoms with Crippen LogP contribution in [0.2, 0.25) is 10.0 Å². The summed E-state index contributed by atoms with van der Waals surface area (Å²) in [6, 6.07) is 11.9. The fourth-order valence-corrected chi connectivity index (χ4v) is 2.57. The van der Waals surface area contributed by atoms with Crippen molar-refractivity contribution in [3.63, 3.8) is 0 Å². The number of carbonyl (C=O) groups excluding carboxylic acids is 2. The predicted molar refractivity (Wildman–Crippen MR) is 98.3 cm³/mol. The van der Waals surface area contributed by atoms with E-state index in [0.29, 0.717) is 27.9 Å². The Labute approximate surface area is 156 Å². The first kappa shape index (κ1) is 19.1. The highest BCUT2D eigenvalue weighted by Gasteiger charge is 2.12. The van der Waals surface area contributed by atoms with Crippen molar-refractivity contribution in [2.45, 2.75) is 6.54 Å². The topological polar surface area (TPSA) is 58.6 Å². The molecule has 25 heavy (non-hydrogen) atoms. The number of nitrogens with one attached hydrogen (secondary N) is 1. The van der Waals surface area contributed by atoms with Crippen molar-refractivity contribution in [2.75, 3.05) is 20.7 Å². The largest absolute Gasteiger partial charge is 0.482 e. The van der Waals surface area contributed by atoms with Crippen molar-refractivity contribution in [3.05, 3.63) is 63.6 Å². The molecule has 1 N–H and O–H groups in total. The molecule has 2 aromatic carbocycles. The summed E-state index contributed by atoms with van der Waals surface area (Å²) in [5.74, 6) is 0.0633. The van der Waals surface area contributed by atoms with Gasteiger partial charge in [-0.3, -0.25) is 9.59 Å². The van der Waals surface area contributed by atoms with E-state index in [9.17, 15) is 9.59 Å². The molecule has 5 nitrogen and oxygen atoms in total. The van der Waals surface area contributed by atoms with Crippen LogP contribution in [0.4, 0.5) is 0 Å².